The molecule has 2 N–H and O–H groups in total. The third-order valence-electron chi connectivity index (χ3n) is 4.94. The largest absolute Gasteiger partial charge is 0.345 e. The van der Waals surface area contributed by atoms with Gasteiger partial charge in [-0.15, -0.1) is 11.3 Å². The molecule has 4 nitrogen and oxygen atoms in total. The highest BCUT2D eigenvalue weighted by Crippen LogP contribution is 2.32. The fourth-order valence-electron chi connectivity index (χ4n) is 3.77. The van der Waals surface area contributed by atoms with Crippen LogP contribution in [-0.4, -0.2) is 10.9 Å². The molecule has 0 spiro atoms. The number of pyridine rings is 1. The maximum absolute atomic E-state index is 12.7. The number of rotatable bonds is 2. The van der Waals surface area contributed by atoms with Crippen molar-refractivity contribution in [3.05, 3.63) is 55.1 Å². The Kier molecular flexibility index (Phi) is 3.81. The second kappa shape index (κ2) is 5.96. The molecule has 0 fully saturated rings. The number of carbonyl (C=O) groups excluding carboxylic acids is 1. The highest BCUT2D eigenvalue weighted by atomic mass is 32.1. The fraction of sp³-hybridized carbons (Fsp3) is 0.444. The summed E-state index contributed by atoms with van der Waals surface area (Å²) in [5, 5.41) is 5.21. The monoisotopic (exact) mass is 328 g/mol. The normalized spacial score (nSPS) is 19.7. The van der Waals surface area contributed by atoms with Crippen LogP contribution in [0.15, 0.2) is 22.3 Å². The number of hydrogen-bond acceptors (Lipinski definition) is 3. The lowest BCUT2D eigenvalue weighted by molar-refractivity contribution is 0.0932. The Labute approximate surface area is 138 Å². The Morgan fingerprint density at radius 3 is 2.96 bits per heavy atom. The molecule has 0 unspecified atom stereocenters. The number of nitrogens with one attached hydrogen (secondary N) is 2. The average molecular weight is 328 g/mol. The van der Waals surface area contributed by atoms with E-state index in [1.54, 1.807) is 17.4 Å². The lowest BCUT2D eigenvalue weighted by Gasteiger charge is -2.26. The van der Waals surface area contributed by atoms with Gasteiger partial charge in [0.1, 0.15) is 0 Å². The number of hydrogen-bond donors (Lipinski definition) is 2. The molecule has 0 aromatic carbocycles. The van der Waals surface area contributed by atoms with Gasteiger partial charge in [0.15, 0.2) is 0 Å². The molecule has 1 amide bonds. The van der Waals surface area contributed by atoms with Gasteiger partial charge in [-0.3, -0.25) is 9.59 Å². The van der Waals surface area contributed by atoms with Crippen molar-refractivity contribution in [2.24, 2.45) is 0 Å². The van der Waals surface area contributed by atoms with Crippen LogP contribution in [0.3, 0.4) is 0 Å². The van der Waals surface area contributed by atoms with Gasteiger partial charge in [-0.1, -0.05) is 0 Å². The molecule has 120 valence electrons. The Balaban J connectivity index is 1.58. The van der Waals surface area contributed by atoms with Gasteiger partial charge in [0, 0.05) is 22.0 Å². The Morgan fingerprint density at radius 2 is 2.04 bits per heavy atom. The Hall–Kier alpha value is -1.88. The first kappa shape index (κ1) is 14.7. The fourth-order valence-corrected chi connectivity index (χ4v) is 4.90. The number of thiophene rings is 1. The molecule has 0 saturated heterocycles. The first-order chi connectivity index (χ1) is 11.2. The minimum absolute atomic E-state index is 0.00207. The van der Waals surface area contributed by atoms with Crippen molar-refractivity contribution in [3.8, 4) is 0 Å². The first-order valence-electron chi connectivity index (χ1n) is 8.34. The van der Waals surface area contributed by atoms with E-state index in [9.17, 15) is 9.59 Å². The molecule has 0 saturated carbocycles. The third-order valence-corrected chi connectivity index (χ3v) is 6.03. The van der Waals surface area contributed by atoms with Crippen LogP contribution in [-0.2, 0) is 19.3 Å². The summed E-state index contributed by atoms with van der Waals surface area (Å²) in [6.07, 6.45) is 7.34. The van der Waals surface area contributed by atoms with Crippen LogP contribution in [0.4, 0.5) is 0 Å². The second-order valence-electron chi connectivity index (χ2n) is 6.43. The smallest absolute Gasteiger partial charge is 0.252 e. The molecule has 5 heteroatoms. The zero-order valence-electron chi connectivity index (χ0n) is 13.0. The summed E-state index contributed by atoms with van der Waals surface area (Å²) in [7, 11) is 0. The van der Waals surface area contributed by atoms with Crippen molar-refractivity contribution in [1.29, 1.82) is 0 Å². The third kappa shape index (κ3) is 2.74. The summed E-state index contributed by atoms with van der Waals surface area (Å²) in [6.45, 7) is 0. The zero-order chi connectivity index (χ0) is 15.8. The van der Waals surface area contributed by atoms with Crippen LogP contribution < -0.4 is 10.9 Å². The molecule has 0 radical (unpaired) electrons. The summed E-state index contributed by atoms with van der Waals surface area (Å²) < 4.78 is 0. The molecule has 2 aliphatic carbocycles. The van der Waals surface area contributed by atoms with Gasteiger partial charge in [0.05, 0.1) is 11.6 Å². The van der Waals surface area contributed by atoms with Crippen molar-refractivity contribution in [2.75, 3.05) is 0 Å². The molecule has 2 aromatic rings. The number of fused-ring (bicyclic) bond motifs is 2. The van der Waals surface area contributed by atoms with Crippen LogP contribution in [0.25, 0.3) is 0 Å². The second-order valence-corrected chi connectivity index (χ2v) is 7.40. The van der Waals surface area contributed by atoms with Gasteiger partial charge < -0.3 is 10.3 Å². The minimum atomic E-state index is -0.0670. The van der Waals surface area contributed by atoms with Gasteiger partial charge >= 0.3 is 0 Å². The standard InChI is InChI=1S/C18H20N2O2S/c21-17-9-8-12-14(19-17)5-3-6-15(12)20-18(22)13-10-23-16-7-2-1-4-11(13)16/h8-10,15H,1-7H2,(H,19,21)(H,20,22)/t15-/m1/s1. The van der Waals surface area contributed by atoms with E-state index in [4.69, 9.17) is 0 Å². The van der Waals surface area contributed by atoms with Crippen LogP contribution in [0.5, 0.6) is 0 Å². The summed E-state index contributed by atoms with van der Waals surface area (Å²) in [6, 6.07) is 3.42. The maximum atomic E-state index is 12.7. The van der Waals surface area contributed by atoms with E-state index in [-0.39, 0.29) is 17.5 Å². The van der Waals surface area contributed by atoms with E-state index >= 15 is 0 Å². The molecule has 2 heterocycles. The summed E-state index contributed by atoms with van der Waals surface area (Å²) >= 11 is 1.72. The van der Waals surface area contributed by atoms with Gasteiger partial charge in [-0.05, 0) is 62.1 Å². The quantitative estimate of drug-likeness (QED) is 0.890. The SMILES string of the molecule is O=C(N[C@@H]1CCCc2[nH]c(=O)ccc21)c1csc2c1CCCC2. The van der Waals surface area contributed by atoms with E-state index < -0.39 is 0 Å². The molecule has 2 aliphatic rings. The topological polar surface area (TPSA) is 62.0 Å². The summed E-state index contributed by atoms with van der Waals surface area (Å²) in [5.74, 6) is 0.0356. The van der Waals surface area contributed by atoms with Crippen LogP contribution >= 0.6 is 11.3 Å². The predicted molar refractivity (Wildman–Crippen MR) is 91.2 cm³/mol. The molecular formula is C18H20N2O2S. The number of carbonyl (C=O) groups is 1. The average Bonchev–Trinajstić information content (AvgIpc) is 2.99. The molecule has 0 aliphatic heterocycles. The number of aromatic nitrogens is 1. The van der Waals surface area contributed by atoms with Crippen molar-refractivity contribution in [1.82, 2.24) is 10.3 Å². The van der Waals surface area contributed by atoms with Crippen LogP contribution in [0, 0.1) is 0 Å². The number of amides is 1. The Bertz CT molecular complexity index is 806. The van der Waals surface area contributed by atoms with Gasteiger partial charge in [0.2, 0.25) is 5.56 Å². The zero-order valence-corrected chi connectivity index (χ0v) is 13.8. The summed E-state index contributed by atoms with van der Waals surface area (Å²) in [4.78, 5) is 28.5. The molecular weight excluding hydrogens is 308 g/mol. The highest BCUT2D eigenvalue weighted by molar-refractivity contribution is 7.10. The predicted octanol–water partition coefficient (Wildman–Crippen LogP) is 3.12. The van der Waals surface area contributed by atoms with Gasteiger partial charge in [0.25, 0.3) is 5.91 Å². The van der Waals surface area contributed by atoms with E-state index in [0.717, 1.165) is 48.9 Å². The van der Waals surface area contributed by atoms with Gasteiger partial charge in [-0.25, -0.2) is 0 Å². The molecule has 23 heavy (non-hydrogen) atoms. The first-order valence-corrected chi connectivity index (χ1v) is 9.22. The van der Waals surface area contributed by atoms with Crippen molar-refractivity contribution in [2.45, 2.75) is 51.0 Å². The lowest BCUT2D eigenvalue weighted by Crippen LogP contribution is -2.32. The van der Waals surface area contributed by atoms with Crippen molar-refractivity contribution < 1.29 is 4.79 Å². The van der Waals surface area contributed by atoms with E-state index in [1.807, 2.05) is 11.4 Å². The number of H-pyrrole nitrogens is 1. The Morgan fingerprint density at radius 1 is 1.17 bits per heavy atom. The van der Waals surface area contributed by atoms with Crippen molar-refractivity contribution in [3.63, 3.8) is 0 Å². The molecule has 0 bridgehead atoms. The van der Waals surface area contributed by atoms with E-state index in [1.165, 1.54) is 23.3 Å². The maximum Gasteiger partial charge on any atom is 0.252 e. The van der Waals surface area contributed by atoms with E-state index in [0.29, 0.717) is 0 Å². The molecule has 1 atom stereocenters. The van der Waals surface area contributed by atoms with Crippen LogP contribution in [0.2, 0.25) is 0 Å². The van der Waals surface area contributed by atoms with E-state index in [2.05, 4.69) is 10.3 Å². The molecule has 2 aromatic heterocycles. The van der Waals surface area contributed by atoms with Gasteiger partial charge in [-0.2, -0.15) is 0 Å². The van der Waals surface area contributed by atoms with Crippen LogP contribution in [0.1, 0.15) is 63.8 Å². The lowest BCUT2D eigenvalue weighted by atomic mass is 9.90. The summed E-state index contributed by atoms with van der Waals surface area (Å²) in [5.41, 5.74) is 4.09. The van der Waals surface area contributed by atoms with Crippen molar-refractivity contribution >= 4 is 17.2 Å². The highest BCUT2D eigenvalue weighted by Gasteiger charge is 2.25. The number of aromatic amines is 1. The number of aryl methyl sites for hydroxylation is 2. The molecule has 4 rings (SSSR count). The minimum Gasteiger partial charge on any atom is -0.345 e.